The Kier molecular flexibility index (Phi) is 15.2. The molecule has 0 aliphatic heterocycles. The van der Waals surface area contributed by atoms with E-state index >= 15 is 0 Å². The summed E-state index contributed by atoms with van der Waals surface area (Å²) in [5, 5.41) is 19.5. The topological polar surface area (TPSA) is 86.6 Å². The smallest absolute Gasteiger partial charge is 0.155 e. The number of hydrogen-bond donors (Lipinski definition) is 2. The highest BCUT2D eigenvalue weighted by molar-refractivity contribution is 4.80. The standard InChI is InChI=1S/C34H62O7/c1-25(40-33-15-7-29(8-16-33)23-27-3-11-31(35)12-4-27)38-21-19-37-20-22-39-26(2)41-34-17-9-30(10-18-34)24-28-5-13-32(36)14-6-28/h25-36H,3-24H2,1-2H3. The van der Waals surface area contributed by atoms with E-state index in [-0.39, 0.29) is 24.8 Å². The number of hydrogen-bond acceptors (Lipinski definition) is 7. The molecular formula is C34H62O7. The Labute approximate surface area is 250 Å². The van der Waals surface area contributed by atoms with Crippen LogP contribution >= 0.6 is 0 Å². The minimum absolute atomic E-state index is 0.0478. The molecule has 2 unspecified atom stereocenters. The van der Waals surface area contributed by atoms with Gasteiger partial charge in [-0.1, -0.05) is 0 Å². The summed E-state index contributed by atoms with van der Waals surface area (Å²) < 4.78 is 29.7. The van der Waals surface area contributed by atoms with Gasteiger partial charge in [0.2, 0.25) is 0 Å². The van der Waals surface area contributed by atoms with Crippen LogP contribution in [-0.4, -0.2) is 73.6 Å². The van der Waals surface area contributed by atoms with Crippen molar-refractivity contribution in [3.05, 3.63) is 0 Å². The first kappa shape index (κ1) is 33.6. The first-order valence-corrected chi connectivity index (χ1v) is 17.4. The second-order valence-corrected chi connectivity index (χ2v) is 13.9. The lowest BCUT2D eigenvalue weighted by Crippen LogP contribution is -2.29. The van der Waals surface area contributed by atoms with Crippen LogP contribution in [0.5, 0.6) is 0 Å². The van der Waals surface area contributed by atoms with Crippen LogP contribution in [-0.2, 0) is 23.7 Å². The van der Waals surface area contributed by atoms with E-state index in [9.17, 15) is 10.2 Å². The molecular weight excluding hydrogens is 520 g/mol. The summed E-state index contributed by atoms with van der Waals surface area (Å²) in [5.41, 5.74) is 0. The zero-order chi connectivity index (χ0) is 28.9. The van der Waals surface area contributed by atoms with E-state index in [0.29, 0.717) is 38.6 Å². The molecule has 4 aliphatic rings. The van der Waals surface area contributed by atoms with Crippen molar-refractivity contribution in [2.75, 3.05) is 26.4 Å². The molecule has 2 N–H and O–H groups in total. The average molecular weight is 583 g/mol. The van der Waals surface area contributed by atoms with Crippen molar-refractivity contribution in [2.45, 2.75) is 166 Å². The van der Waals surface area contributed by atoms with Crippen LogP contribution in [0.1, 0.15) is 129 Å². The van der Waals surface area contributed by atoms with Crippen molar-refractivity contribution >= 4 is 0 Å². The average Bonchev–Trinajstić information content (AvgIpc) is 2.97. The zero-order valence-corrected chi connectivity index (χ0v) is 26.3. The maximum absolute atomic E-state index is 9.73. The van der Waals surface area contributed by atoms with E-state index in [4.69, 9.17) is 23.7 Å². The van der Waals surface area contributed by atoms with Gasteiger partial charge in [-0.3, -0.25) is 0 Å². The predicted octanol–water partition coefficient (Wildman–Crippen LogP) is 6.76. The minimum Gasteiger partial charge on any atom is -0.393 e. The van der Waals surface area contributed by atoms with Gasteiger partial charge in [0.25, 0.3) is 0 Å². The summed E-state index contributed by atoms with van der Waals surface area (Å²) in [7, 11) is 0. The van der Waals surface area contributed by atoms with Gasteiger partial charge in [-0.2, -0.15) is 0 Å². The summed E-state index contributed by atoms with van der Waals surface area (Å²) in [5.74, 6) is 3.31. The van der Waals surface area contributed by atoms with Crippen LogP contribution < -0.4 is 0 Å². The monoisotopic (exact) mass is 582 g/mol. The lowest BCUT2D eigenvalue weighted by Gasteiger charge is -2.34. The van der Waals surface area contributed by atoms with E-state index in [1.165, 1.54) is 64.2 Å². The highest BCUT2D eigenvalue weighted by atomic mass is 16.7. The molecule has 7 heteroatoms. The fourth-order valence-electron chi connectivity index (χ4n) is 7.98. The minimum atomic E-state index is -0.199. The Bertz CT molecular complexity index is 604. The van der Waals surface area contributed by atoms with Crippen molar-refractivity contribution in [3.8, 4) is 0 Å². The van der Waals surface area contributed by atoms with Crippen LogP contribution in [0, 0.1) is 23.7 Å². The predicted molar refractivity (Wildman–Crippen MR) is 160 cm³/mol. The number of rotatable bonds is 16. The van der Waals surface area contributed by atoms with Gasteiger partial charge in [-0.25, -0.2) is 0 Å². The van der Waals surface area contributed by atoms with Crippen LogP contribution in [0.25, 0.3) is 0 Å². The zero-order valence-electron chi connectivity index (χ0n) is 26.3. The van der Waals surface area contributed by atoms with Crippen LogP contribution in [0.3, 0.4) is 0 Å². The molecule has 41 heavy (non-hydrogen) atoms. The number of aliphatic hydroxyl groups excluding tert-OH is 2. The summed E-state index contributed by atoms with van der Waals surface area (Å²) in [6.07, 6.45) is 21.2. The molecule has 4 aliphatic carbocycles. The van der Waals surface area contributed by atoms with Gasteiger partial charge in [0, 0.05) is 0 Å². The normalized spacial score (nSPS) is 36.6. The van der Waals surface area contributed by atoms with Gasteiger partial charge in [-0.15, -0.1) is 0 Å². The van der Waals surface area contributed by atoms with Gasteiger partial charge in [0.1, 0.15) is 0 Å². The first-order valence-electron chi connectivity index (χ1n) is 17.4. The molecule has 4 rings (SSSR count). The lowest BCUT2D eigenvalue weighted by atomic mass is 9.76. The number of aliphatic hydroxyl groups is 2. The molecule has 0 aromatic heterocycles. The maximum Gasteiger partial charge on any atom is 0.155 e. The van der Waals surface area contributed by atoms with Gasteiger partial charge < -0.3 is 33.9 Å². The molecule has 0 aromatic carbocycles. The highest BCUT2D eigenvalue weighted by Crippen LogP contribution is 2.37. The molecule has 2 atom stereocenters. The summed E-state index contributed by atoms with van der Waals surface area (Å²) >= 11 is 0. The Morgan fingerprint density at radius 2 is 0.780 bits per heavy atom. The molecule has 240 valence electrons. The number of ether oxygens (including phenoxy) is 5. The van der Waals surface area contributed by atoms with Gasteiger partial charge >= 0.3 is 0 Å². The fraction of sp³-hybridized carbons (Fsp3) is 1.00. The van der Waals surface area contributed by atoms with E-state index < -0.39 is 0 Å². The molecule has 7 nitrogen and oxygen atoms in total. The van der Waals surface area contributed by atoms with Crippen molar-refractivity contribution in [3.63, 3.8) is 0 Å². The molecule has 4 saturated carbocycles. The SMILES string of the molecule is CC(OCCOCCOC(C)OC1CCC(CC2CCC(O)CC2)CC1)OC1CCC(CC2CCC(O)CC2)CC1. The van der Waals surface area contributed by atoms with Crippen molar-refractivity contribution in [1.29, 1.82) is 0 Å². The molecule has 0 spiro atoms. The maximum atomic E-state index is 9.73. The molecule has 0 radical (unpaired) electrons. The van der Waals surface area contributed by atoms with Crippen LogP contribution in [0.15, 0.2) is 0 Å². The molecule has 0 bridgehead atoms. The summed E-state index contributed by atoms with van der Waals surface area (Å²) in [6, 6.07) is 0. The Balaban J connectivity index is 0.930. The van der Waals surface area contributed by atoms with E-state index in [2.05, 4.69) is 0 Å². The third kappa shape index (κ3) is 13.1. The highest BCUT2D eigenvalue weighted by Gasteiger charge is 2.29. The molecule has 0 heterocycles. The third-order valence-corrected chi connectivity index (χ3v) is 10.5. The van der Waals surface area contributed by atoms with Crippen molar-refractivity contribution in [2.24, 2.45) is 23.7 Å². The second kappa shape index (κ2) is 18.5. The molecule has 4 fully saturated rings. The van der Waals surface area contributed by atoms with Crippen molar-refractivity contribution < 1.29 is 33.9 Å². The Hall–Kier alpha value is -0.280. The molecule has 0 aromatic rings. The van der Waals surface area contributed by atoms with E-state index in [1.807, 2.05) is 13.8 Å². The van der Waals surface area contributed by atoms with E-state index in [0.717, 1.165) is 75.0 Å². The molecule has 0 saturated heterocycles. The second-order valence-electron chi connectivity index (χ2n) is 13.9. The van der Waals surface area contributed by atoms with Gasteiger partial charge in [0.15, 0.2) is 12.6 Å². The van der Waals surface area contributed by atoms with Crippen LogP contribution in [0.2, 0.25) is 0 Å². The van der Waals surface area contributed by atoms with Crippen LogP contribution in [0.4, 0.5) is 0 Å². The lowest BCUT2D eigenvalue weighted by molar-refractivity contribution is -0.182. The van der Waals surface area contributed by atoms with E-state index in [1.54, 1.807) is 0 Å². The third-order valence-electron chi connectivity index (χ3n) is 10.5. The fourth-order valence-corrected chi connectivity index (χ4v) is 7.98. The van der Waals surface area contributed by atoms with Crippen molar-refractivity contribution in [1.82, 2.24) is 0 Å². The quantitative estimate of drug-likeness (QED) is 0.154. The first-order chi connectivity index (χ1) is 19.9. The molecule has 0 amide bonds. The summed E-state index contributed by atoms with van der Waals surface area (Å²) in [4.78, 5) is 0. The van der Waals surface area contributed by atoms with Gasteiger partial charge in [-0.05, 0) is 153 Å². The Morgan fingerprint density at radius 3 is 1.12 bits per heavy atom. The summed E-state index contributed by atoms with van der Waals surface area (Å²) in [6.45, 7) is 6.13. The Morgan fingerprint density at radius 1 is 0.463 bits per heavy atom. The largest absolute Gasteiger partial charge is 0.393 e. The van der Waals surface area contributed by atoms with Gasteiger partial charge in [0.05, 0.1) is 50.8 Å².